The molecule has 170 valence electrons. The van der Waals surface area contributed by atoms with E-state index in [1.54, 1.807) is 56.7 Å². The van der Waals surface area contributed by atoms with E-state index in [9.17, 15) is 8.42 Å². The van der Waals surface area contributed by atoms with Gasteiger partial charge in [-0.05, 0) is 54.8 Å². The summed E-state index contributed by atoms with van der Waals surface area (Å²) >= 11 is 0. The number of hydrogen-bond donors (Lipinski definition) is 0. The normalized spacial score (nSPS) is 19.8. The summed E-state index contributed by atoms with van der Waals surface area (Å²) in [5, 5.41) is 0. The second-order valence-corrected chi connectivity index (χ2v) is 10.5. The summed E-state index contributed by atoms with van der Waals surface area (Å²) in [4.78, 5) is 5.72. The Bertz CT molecular complexity index is 1320. The molecule has 0 spiro atoms. The Morgan fingerprint density at radius 2 is 1.52 bits per heavy atom. The third kappa shape index (κ3) is 3.82. The summed E-state index contributed by atoms with van der Waals surface area (Å²) in [5.74, 6) is 1.70. The second-order valence-electron chi connectivity index (χ2n) is 8.57. The van der Waals surface area contributed by atoms with Gasteiger partial charge in [-0.2, -0.15) is 0 Å². The van der Waals surface area contributed by atoms with Crippen molar-refractivity contribution in [3.8, 4) is 11.5 Å². The first kappa shape index (κ1) is 21.7. The van der Waals surface area contributed by atoms with Crippen LogP contribution in [-0.2, 0) is 9.84 Å². The Morgan fingerprint density at radius 1 is 0.818 bits per heavy atom. The topological polar surface area (TPSA) is 65.0 Å². The van der Waals surface area contributed by atoms with Gasteiger partial charge in [-0.25, -0.2) is 8.42 Å². The number of nitrogens with zero attached hydrogens (tertiary/aromatic N) is 1. The van der Waals surface area contributed by atoms with Crippen molar-refractivity contribution in [3.05, 3.63) is 83.4 Å². The van der Waals surface area contributed by atoms with Gasteiger partial charge in [0.15, 0.2) is 11.5 Å². The van der Waals surface area contributed by atoms with Crippen LogP contribution in [0.3, 0.4) is 0 Å². The highest BCUT2D eigenvalue weighted by molar-refractivity contribution is 7.91. The molecule has 0 radical (unpaired) electrons. The van der Waals surface area contributed by atoms with Crippen LogP contribution in [0.1, 0.15) is 48.3 Å². The molecule has 1 aliphatic carbocycles. The molecule has 0 aromatic heterocycles. The summed E-state index contributed by atoms with van der Waals surface area (Å²) in [7, 11) is -0.348. The molecule has 3 aromatic rings. The molecule has 33 heavy (non-hydrogen) atoms. The lowest BCUT2D eigenvalue weighted by atomic mass is 9.75. The van der Waals surface area contributed by atoms with Crippen LogP contribution in [0.4, 0.5) is 0 Å². The smallest absolute Gasteiger partial charge is 0.206 e. The van der Waals surface area contributed by atoms with Crippen LogP contribution < -0.4 is 9.47 Å². The van der Waals surface area contributed by atoms with Crippen LogP contribution in [0.2, 0.25) is 0 Å². The molecule has 2 aliphatic rings. The van der Waals surface area contributed by atoms with E-state index in [-0.39, 0.29) is 15.8 Å². The monoisotopic (exact) mass is 461 g/mol. The number of benzene rings is 3. The summed E-state index contributed by atoms with van der Waals surface area (Å²) in [6.45, 7) is 0. The van der Waals surface area contributed by atoms with Crippen LogP contribution in [0.5, 0.6) is 11.5 Å². The van der Waals surface area contributed by atoms with Crippen molar-refractivity contribution in [2.24, 2.45) is 4.99 Å². The van der Waals surface area contributed by atoms with Gasteiger partial charge in [0.2, 0.25) is 9.84 Å². The molecule has 0 bridgehead atoms. The number of sulfone groups is 1. The molecule has 1 fully saturated rings. The lowest BCUT2D eigenvalue weighted by molar-refractivity contribution is 0.349. The molecular formula is C27H27NO4S. The Balaban J connectivity index is 1.66. The third-order valence-electron chi connectivity index (χ3n) is 6.71. The Kier molecular flexibility index (Phi) is 5.71. The van der Waals surface area contributed by atoms with Gasteiger partial charge in [0, 0.05) is 17.0 Å². The van der Waals surface area contributed by atoms with Crippen LogP contribution >= 0.6 is 0 Å². The highest BCUT2D eigenvalue weighted by Crippen LogP contribution is 2.44. The third-order valence-corrected chi connectivity index (χ3v) is 8.47. The quantitative estimate of drug-likeness (QED) is 0.509. The fraction of sp³-hybridized carbons (Fsp3) is 0.296. The second kappa shape index (κ2) is 8.67. The Labute approximate surface area is 195 Å². The van der Waals surface area contributed by atoms with E-state index in [2.05, 4.69) is 6.07 Å². The molecule has 2 atom stereocenters. The van der Waals surface area contributed by atoms with Crippen molar-refractivity contribution in [1.29, 1.82) is 0 Å². The standard InChI is InChI=1S/C27H27NO4S/c1-31-25-16-22-21-13-6-7-14-24(21)28-27(23(22)17-26(25)32-2)18-9-8-12-20(15-18)33(29,30)19-10-4-3-5-11-19/h3-5,8-12,15-17,21,24H,6-7,13-14H2,1-2H3. The molecule has 5 rings (SSSR count). The molecule has 0 amide bonds. The minimum absolute atomic E-state index is 0.189. The molecule has 0 N–H and O–H groups in total. The van der Waals surface area contributed by atoms with Crippen LogP contribution in [-0.4, -0.2) is 34.4 Å². The predicted molar refractivity (Wildman–Crippen MR) is 129 cm³/mol. The number of hydrogen-bond acceptors (Lipinski definition) is 5. The van der Waals surface area contributed by atoms with Crippen molar-refractivity contribution < 1.29 is 17.9 Å². The molecule has 2 unspecified atom stereocenters. The summed E-state index contributed by atoms with van der Waals surface area (Å²) in [6.07, 6.45) is 4.46. The van der Waals surface area contributed by atoms with Gasteiger partial charge in [0.1, 0.15) is 0 Å². The van der Waals surface area contributed by atoms with Gasteiger partial charge in [-0.3, -0.25) is 4.99 Å². The fourth-order valence-corrected chi connectivity index (χ4v) is 6.37. The van der Waals surface area contributed by atoms with E-state index in [1.807, 2.05) is 18.2 Å². The number of methoxy groups -OCH3 is 2. The van der Waals surface area contributed by atoms with Gasteiger partial charge in [0.05, 0.1) is 35.8 Å². The van der Waals surface area contributed by atoms with E-state index in [0.29, 0.717) is 17.4 Å². The number of ether oxygens (including phenoxy) is 2. The first-order valence-corrected chi connectivity index (χ1v) is 12.8. The molecular weight excluding hydrogens is 434 g/mol. The lowest BCUT2D eigenvalue weighted by Crippen LogP contribution is -2.29. The zero-order chi connectivity index (χ0) is 23.0. The van der Waals surface area contributed by atoms with Gasteiger partial charge >= 0.3 is 0 Å². The van der Waals surface area contributed by atoms with Crippen molar-refractivity contribution >= 4 is 15.5 Å². The highest BCUT2D eigenvalue weighted by Gasteiger charge is 2.35. The maximum absolute atomic E-state index is 13.2. The zero-order valence-corrected chi connectivity index (χ0v) is 19.6. The first-order valence-electron chi connectivity index (χ1n) is 11.3. The Hall–Kier alpha value is -3.12. The van der Waals surface area contributed by atoms with E-state index >= 15 is 0 Å². The molecule has 6 heteroatoms. The fourth-order valence-electron chi connectivity index (χ4n) is 5.05. The SMILES string of the molecule is COc1cc2c(cc1OC)C1CCCCC1N=C2c1cccc(S(=O)(=O)c2ccccc2)c1. The summed E-state index contributed by atoms with van der Waals surface area (Å²) in [6, 6.07) is 19.9. The number of fused-ring (bicyclic) bond motifs is 3. The van der Waals surface area contributed by atoms with Gasteiger partial charge in [-0.1, -0.05) is 43.2 Å². The van der Waals surface area contributed by atoms with Crippen molar-refractivity contribution in [2.75, 3.05) is 14.2 Å². The minimum Gasteiger partial charge on any atom is -0.493 e. The average Bonchev–Trinajstić information content (AvgIpc) is 2.88. The molecule has 1 aliphatic heterocycles. The minimum atomic E-state index is -3.62. The molecule has 5 nitrogen and oxygen atoms in total. The number of aliphatic imine (C=N–C) groups is 1. The van der Waals surface area contributed by atoms with Crippen LogP contribution in [0.15, 0.2) is 81.5 Å². The molecule has 1 heterocycles. The number of rotatable bonds is 5. The van der Waals surface area contributed by atoms with E-state index in [4.69, 9.17) is 14.5 Å². The van der Waals surface area contributed by atoms with Crippen molar-refractivity contribution in [1.82, 2.24) is 0 Å². The van der Waals surface area contributed by atoms with Crippen LogP contribution in [0.25, 0.3) is 0 Å². The zero-order valence-electron chi connectivity index (χ0n) is 18.8. The maximum Gasteiger partial charge on any atom is 0.206 e. The van der Waals surface area contributed by atoms with E-state index in [1.165, 1.54) is 12.0 Å². The van der Waals surface area contributed by atoms with Gasteiger partial charge in [0.25, 0.3) is 0 Å². The first-order chi connectivity index (χ1) is 16.0. The van der Waals surface area contributed by atoms with Gasteiger partial charge < -0.3 is 9.47 Å². The van der Waals surface area contributed by atoms with E-state index < -0.39 is 9.84 Å². The lowest BCUT2D eigenvalue weighted by Gasteiger charge is -2.35. The predicted octanol–water partition coefficient (Wildman–Crippen LogP) is 5.41. The summed E-state index contributed by atoms with van der Waals surface area (Å²) < 4.78 is 37.7. The van der Waals surface area contributed by atoms with Crippen molar-refractivity contribution in [2.45, 2.75) is 47.4 Å². The van der Waals surface area contributed by atoms with Crippen molar-refractivity contribution in [3.63, 3.8) is 0 Å². The highest BCUT2D eigenvalue weighted by atomic mass is 32.2. The van der Waals surface area contributed by atoms with Gasteiger partial charge in [-0.15, -0.1) is 0 Å². The molecule has 1 saturated carbocycles. The average molecular weight is 462 g/mol. The van der Waals surface area contributed by atoms with Crippen LogP contribution in [0, 0.1) is 0 Å². The molecule has 3 aromatic carbocycles. The maximum atomic E-state index is 13.2. The largest absolute Gasteiger partial charge is 0.493 e. The van der Waals surface area contributed by atoms with E-state index in [0.717, 1.165) is 36.1 Å². The molecule has 0 saturated heterocycles. The summed E-state index contributed by atoms with van der Waals surface area (Å²) in [5.41, 5.74) is 3.81. The Morgan fingerprint density at radius 3 is 2.27 bits per heavy atom.